The second-order valence-electron chi connectivity index (χ2n) is 3.31. The molecule has 0 aliphatic carbocycles. The van der Waals surface area contributed by atoms with Crippen molar-refractivity contribution in [1.82, 2.24) is 0 Å². The quantitative estimate of drug-likeness (QED) is 0.376. The van der Waals surface area contributed by atoms with E-state index in [0.717, 1.165) is 6.21 Å². The van der Waals surface area contributed by atoms with Crippen LogP contribution in [0.3, 0.4) is 0 Å². The van der Waals surface area contributed by atoms with Gasteiger partial charge in [-0.15, -0.1) is 11.8 Å². The number of hydrogen-bond donors (Lipinski definition) is 5. The molecule has 1 fully saturated rings. The third-order valence-corrected chi connectivity index (χ3v) is 3.94. The Morgan fingerprint density at radius 3 is 2.14 bits per heavy atom. The highest BCUT2D eigenvalue weighted by Gasteiger charge is 2.42. The fraction of sp³-hybridized carbons (Fsp3) is 0.875. The first kappa shape index (κ1) is 11.9. The van der Waals surface area contributed by atoms with E-state index in [0.29, 0.717) is 6.42 Å². The monoisotopic (exact) mass is 221 g/mol. The van der Waals surface area contributed by atoms with Gasteiger partial charge in [0.25, 0.3) is 0 Å². The highest BCUT2D eigenvalue weighted by atomic mass is 32.2. The minimum Gasteiger partial charge on any atom is -0.395 e. The van der Waals surface area contributed by atoms with Crippen molar-refractivity contribution >= 4 is 18.0 Å². The molecular formula is C8H15NO4S. The highest BCUT2D eigenvalue weighted by Crippen LogP contribution is 2.33. The molecule has 1 unspecified atom stereocenters. The summed E-state index contributed by atoms with van der Waals surface area (Å²) in [6, 6.07) is 0. The topological polar surface area (TPSA) is 105 Å². The second-order valence-corrected chi connectivity index (χ2v) is 4.79. The molecule has 1 rings (SSSR count). The minimum atomic E-state index is -1.24. The Morgan fingerprint density at radius 2 is 1.64 bits per heavy atom. The third-order valence-electron chi connectivity index (χ3n) is 2.34. The molecule has 5 N–H and O–H groups in total. The number of aliphatic hydroxyl groups excluding tert-OH is 4. The SMILES string of the molecule is N=CCC1S[C@H](CO)[C@H](O)[C@H](O)[C@H]1O. The Balaban J connectivity index is 2.67. The van der Waals surface area contributed by atoms with Crippen LogP contribution in [0.4, 0.5) is 0 Å². The van der Waals surface area contributed by atoms with Crippen molar-refractivity contribution in [2.45, 2.75) is 35.2 Å². The first-order valence-corrected chi connectivity index (χ1v) is 5.35. The van der Waals surface area contributed by atoms with Gasteiger partial charge in [0, 0.05) is 5.25 Å². The van der Waals surface area contributed by atoms with E-state index < -0.39 is 23.6 Å². The van der Waals surface area contributed by atoms with E-state index in [2.05, 4.69) is 0 Å². The molecule has 5 nitrogen and oxygen atoms in total. The molecular weight excluding hydrogens is 206 g/mol. The van der Waals surface area contributed by atoms with Crippen molar-refractivity contribution in [1.29, 1.82) is 5.41 Å². The summed E-state index contributed by atoms with van der Waals surface area (Å²) in [6.45, 7) is -0.246. The van der Waals surface area contributed by atoms with Crippen molar-refractivity contribution in [3.8, 4) is 0 Å². The average molecular weight is 221 g/mol. The van der Waals surface area contributed by atoms with Gasteiger partial charge >= 0.3 is 0 Å². The first-order chi connectivity index (χ1) is 6.61. The Kier molecular flexibility index (Phi) is 4.33. The number of rotatable bonds is 3. The van der Waals surface area contributed by atoms with Crippen molar-refractivity contribution in [3.05, 3.63) is 0 Å². The largest absolute Gasteiger partial charge is 0.395 e. The van der Waals surface area contributed by atoms with Crippen LogP contribution in [0.15, 0.2) is 0 Å². The van der Waals surface area contributed by atoms with Crippen LogP contribution in [-0.4, -0.2) is 62.1 Å². The van der Waals surface area contributed by atoms with Crippen LogP contribution in [0.1, 0.15) is 6.42 Å². The summed E-state index contributed by atoms with van der Waals surface area (Å²) in [5.41, 5.74) is 0. The number of hydrogen-bond acceptors (Lipinski definition) is 6. The molecule has 1 heterocycles. The lowest BCUT2D eigenvalue weighted by molar-refractivity contribution is -0.0689. The summed E-state index contributed by atoms with van der Waals surface area (Å²) in [5.74, 6) is 0. The lowest BCUT2D eigenvalue weighted by atomic mass is 10.00. The lowest BCUT2D eigenvalue weighted by Gasteiger charge is -2.38. The molecule has 82 valence electrons. The number of thioether (sulfide) groups is 1. The van der Waals surface area contributed by atoms with Crippen molar-refractivity contribution < 1.29 is 20.4 Å². The number of nitrogens with one attached hydrogen (secondary N) is 1. The van der Waals surface area contributed by atoms with E-state index >= 15 is 0 Å². The van der Waals surface area contributed by atoms with Gasteiger partial charge in [-0.25, -0.2) is 0 Å². The molecule has 0 aromatic rings. The molecule has 0 bridgehead atoms. The Labute approximate surface area is 86.3 Å². The van der Waals surface area contributed by atoms with Gasteiger partial charge in [0.2, 0.25) is 0 Å². The van der Waals surface area contributed by atoms with E-state index in [1.54, 1.807) is 0 Å². The van der Waals surface area contributed by atoms with Gasteiger partial charge in [0.1, 0.15) is 6.10 Å². The predicted octanol–water partition coefficient (Wildman–Crippen LogP) is -1.41. The predicted molar refractivity (Wildman–Crippen MR) is 53.7 cm³/mol. The molecule has 0 radical (unpaired) electrons. The van der Waals surface area contributed by atoms with E-state index in [9.17, 15) is 15.3 Å². The molecule has 0 aromatic heterocycles. The summed E-state index contributed by atoms with van der Waals surface area (Å²) < 4.78 is 0. The van der Waals surface area contributed by atoms with Crippen LogP contribution < -0.4 is 0 Å². The second kappa shape index (κ2) is 5.09. The fourth-order valence-corrected chi connectivity index (χ4v) is 2.88. The van der Waals surface area contributed by atoms with E-state index in [4.69, 9.17) is 10.5 Å². The zero-order chi connectivity index (χ0) is 10.7. The molecule has 0 saturated carbocycles. The molecule has 5 atom stereocenters. The van der Waals surface area contributed by atoms with Gasteiger partial charge in [0.15, 0.2) is 0 Å². The van der Waals surface area contributed by atoms with Gasteiger partial charge in [0.05, 0.1) is 24.1 Å². The zero-order valence-corrected chi connectivity index (χ0v) is 8.39. The van der Waals surface area contributed by atoms with Crippen LogP contribution in [0.5, 0.6) is 0 Å². The van der Waals surface area contributed by atoms with Gasteiger partial charge < -0.3 is 25.8 Å². The van der Waals surface area contributed by atoms with Crippen LogP contribution in [0, 0.1) is 5.41 Å². The van der Waals surface area contributed by atoms with Gasteiger partial charge in [-0.3, -0.25) is 0 Å². The van der Waals surface area contributed by atoms with E-state index in [1.807, 2.05) is 0 Å². The van der Waals surface area contributed by atoms with Crippen molar-refractivity contribution in [2.75, 3.05) is 6.61 Å². The molecule has 0 spiro atoms. The van der Waals surface area contributed by atoms with Crippen molar-refractivity contribution in [3.63, 3.8) is 0 Å². The molecule has 1 aliphatic rings. The summed E-state index contributed by atoms with van der Waals surface area (Å²) >= 11 is 1.21. The Morgan fingerprint density at radius 1 is 1.07 bits per heavy atom. The first-order valence-electron chi connectivity index (χ1n) is 4.41. The molecule has 14 heavy (non-hydrogen) atoms. The summed E-state index contributed by atoms with van der Waals surface area (Å²) in [5, 5.41) is 43.4. The highest BCUT2D eigenvalue weighted by molar-refractivity contribution is 8.00. The molecule has 1 aliphatic heterocycles. The maximum absolute atomic E-state index is 9.54. The lowest BCUT2D eigenvalue weighted by Crippen LogP contribution is -2.54. The van der Waals surface area contributed by atoms with E-state index in [-0.39, 0.29) is 11.9 Å². The average Bonchev–Trinajstić information content (AvgIpc) is 2.19. The molecule has 6 heteroatoms. The summed E-state index contributed by atoms with van der Waals surface area (Å²) in [7, 11) is 0. The molecule has 0 amide bonds. The minimum absolute atomic E-state index is 0.246. The Bertz CT molecular complexity index is 202. The molecule has 1 saturated heterocycles. The standard InChI is InChI=1S/C8H15NO4S/c9-2-1-4-6(11)8(13)7(12)5(3-10)14-4/h2,4-13H,1,3H2/t4?,5-,6+,7+,8-/m1/s1. The van der Waals surface area contributed by atoms with Crippen LogP contribution in [-0.2, 0) is 0 Å². The van der Waals surface area contributed by atoms with Crippen LogP contribution >= 0.6 is 11.8 Å². The normalized spacial score (nSPS) is 43.6. The maximum atomic E-state index is 9.54. The summed E-state index contributed by atoms with van der Waals surface area (Å²) in [6.07, 6.45) is -1.91. The van der Waals surface area contributed by atoms with Crippen LogP contribution in [0.2, 0.25) is 0 Å². The van der Waals surface area contributed by atoms with E-state index in [1.165, 1.54) is 11.8 Å². The number of aliphatic hydroxyl groups is 4. The third kappa shape index (κ3) is 2.26. The Hall–Kier alpha value is -0.140. The van der Waals surface area contributed by atoms with Crippen molar-refractivity contribution in [2.24, 2.45) is 0 Å². The molecule has 0 aromatic carbocycles. The van der Waals surface area contributed by atoms with Crippen LogP contribution in [0.25, 0.3) is 0 Å². The smallest absolute Gasteiger partial charge is 0.108 e. The zero-order valence-electron chi connectivity index (χ0n) is 7.58. The van der Waals surface area contributed by atoms with Gasteiger partial charge in [-0.1, -0.05) is 0 Å². The van der Waals surface area contributed by atoms with Gasteiger partial charge in [-0.2, -0.15) is 0 Å². The van der Waals surface area contributed by atoms with Gasteiger partial charge in [-0.05, 0) is 12.6 Å². The maximum Gasteiger partial charge on any atom is 0.108 e. The summed E-state index contributed by atoms with van der Waals surface area (Å²) in [4.78, 5) is 0. The fourth-order valence-electron chi connectivity index (χ4n) is 1.49.